The summed E-state index contributed by atoms with van der Waals surface area (Å²) in [6.07, 6.45) is 6.64. The number of hydrogen-bond acceptors (Lipinski definition) is 3. The predicted octanol–water partition coefficient (Wildman–Crippen LogP) is 2.55. The topological polar surface area (TPSA) is 24.5 Å². The summed E-state index contributed by atoms with van der Waals surface area (Å²) in [5, 5.41) is 3.66. The molecule has 0 aromatic carbocycles. The molecule has 0 aromatic heterocycles. The predicted molar refractivity (Wildman–Crippen MR) is 78.4 cm³/mol. The Morgan fingerprint density at radius 1 is 1.16 bits per heavy atom. The van der Waals surface area contributed by atoms with Crippen molar-refractivity contribution in [2.75, 3.05) is 13.1 Å². The highest BCUT2D eigenvalue weighted by Gasteiger charge is 2.51. The Balaban J connectivity index is 1.72. The smallest absolute Gasteiger partial charge is 0.0789 e. The van der Waals surface area contributed by atoms with E-state index in [1.165, 1.54) is 45.2 Å². The number of hydrogen-bond donors (Lipinski definition) is 1. The van der Waals surface area contributed by atoms with Crippen LogP contribution in [0, 0.1) is 0 Å². The molecule has 2 unspecified atom stereocenters. The molecule has 19 heavy (non-hydrogen) atoms. The van der Waals surface area contributed by atoms with Gasteiger partial charge in [0.25, 0.3) is 0 Å². The van der Waals surface area contributed by atoms with Gasteiger partial charge in [0.05, 0.1) is 11.2 Å². The van der Waals surface area contributed by atoms with E-state index in [1.54, 1.807) is 0 Å². The molecule has 0 amide bonds. The minimum Gasteiger partial charge on any atom is -0.368 e. The van der Waals surface area contributed by atoms with Crippen LogP contribution >= 0.6 is 0 Å². The Morgan fingerprint density at radius 2 is 1.89 bits per heavy atom. The van der Waals surface area contributed by atoms with Crippen molar-refractivity contribution < 1.29 is 4.74 Å². The Labute approximate surface area is 118 Å². The van der Waals surface area contributed by atoms with Crippen molar-refractivity contribution in [2.24, 2.45) is 0 Å². The fraction of sp³-hybridized carbons (Fsp3) is 1.00. The second-order valence-corrected chi connectivity index (χ2v) is 7.91. The molecule has 1 aliphatic carbocycles. The summed E-state index contributed by atoms with van der Waals surface area (Å²) in [4.78, 5) is 2.78. The normalized spacial score (nSPS) is 37.1. The molecule has 3 fully saturated rings. The van der Waals surface area contributed by atoms with Crippen LogP contribution in [0.4, 0.5) is 0 Å². The summed E-state index contributed by atoms with van der Waals surface area (Å²) in [5.74, 6) is 0. The van der Waals surface area contributed by atoms with Gasteiger partial charge in [-0.3, -0.25) is 4.90 Å². The lowest BCUT2D eigenvalue weighted by molar-refractivity contribution is -0.0818. The van der Waals surface area contributed by atoms with Gasteiger partial charge in [0.15, 0.2) is 0 Å². The molecular formula is C16H30N2O. The highest BCUT2D eigenvalue weighted by Crippen LogP contribution is 2.43. The van der Waals surface area contributed by atoms with E-state index in [9.17, 15) is 0 Å². The van der Waals surface area contributed by atoms with E-state index < -0.39 is 0 Å². The van der Waals surface area contributed by atoms with E-state index in [0.717, 1.165) is 6.04 Å². The van der Waals surface area contributed by atoms with Crippen molar-refractivity contribution in [2.45, 2.75) is 89.1 Å². The van der Waals surface area contributed by atoms with Crippen molar-refractivity contribution in [3.8, 4) is 0 Å². The maximum atomic E-state index is 6.31. The van der Waals surface area contributed by atoms with Crippen LogP contribution in [-0.2, 0) is 4.74 Å². The van der Waals surface area contributed by atoms with Crippen LogP contribution < -0.4 is 5.32 Å². The van der Waals surface area contributed by atoms with Crippen molar-refractivity contribution in [1.29, 1.82) is 0 Å². The van der Waals surface area contributed by atoms with Crippen molar-refractivity contribution in [1.82, 2.24) is 10.2 Å². The second-order valence-electron chi connectivity index (χ2n) is 7.91. The Morgan fingerprint density at radius 3 is 2.37 bits per heavy atom. The molecule has 2 saturated heterocycles. The molecule has 0 aromatic rings. The fourth-order valence-electron chi connectivity index (χ4n) is 4.15. The molecule has 2 atom stereocenters. The van der Waals surface area contributed by atoms with Gasteiger partial charge in [-0.2, -0.15) is 0 Å². The van der Waals surface area contributed by atoms with E-state index in [2.05, 4.69) is 37.9 Å². The molecule has 3 heteroatoms. The number of nitrogens with one attached hydrogen (secondary N) is 1. The van der Waals surface area contributed by atoms with Crippen LogP contribution in [0.1, 0.15) is 59.8 Å². The van der Waals surface area contributed by atoms with E-state index >= 15 is 0 Å². The molecule has 3 rings (SSSR count). The summed E-state index contributed by atoms with van der Waals surface area (Å²) < 4.78 is 6.31. The lowest BCUT2D eigenvalue weighted by Crippen LogP contribution is -2.51. The third-order valence-corrected chi connectivity index (χ3v) is 5.04. The summed E-state index contributed by atoms with van der Waals surface area (Å²) in [7, 11) is 0. The SMILES string of the molecule is CC1(C)CC(N(CC2CCCN2)C2CC2)C(C)(C)O1. The van der Waals surface area contributed by atoms with Gasteiger partial charge in [-0.1, -0.05) is 0 Å². The summed E-state index contributed by atoms with van der Waals surface area (Å²) in [6.45, 7) is 11.5. The number of nitrogens with zero attached hydrogens (tertiary/aromatic N) is 1. The zero-order valence-electron chi connectivity index (χ0n) is 13.0. The maximum Gasteiger partial charge on any atom is 0.0789 e. The van der Waals surface area contributed by atoms with Crippen LogP contribution in [0.2, 0.25) is 0 Å². The van der Waals surface area contributed by atoms with Crippen LogP contribution in [0.3, 0.4) is 0 Å². The molecule has 0 radical (unpaired) electrons. The number of rotatable bonds is 4. The monoisotopic (exact) mass is 266 g/mol. The Hall–Kier alpha value is -0.120. The molecule has 1 saturated carbocycles. The van der Waals surface area contributed by atoms with Gasteiger partial charge >= 0.3 is 0 Å². The van der Waals surface area contributed by atoms with E-state index in [4.69, 9.17) is 4.74 Å². The first-order chi connectivity index (χ1) is 8.87. The lowest BCUT2D eigenvalue weighted by atomic mass is 9.92. The number of ether oxygens (including phenoxy) is 1. The first-order valence-corrected chi connectivity index (χ1v) is 8.07. The minimum atomic E-state index is -0.00923. The molecule has 1 N–H and O–H groups in total. The molecule has 2 aliphatic heterocycles. The van der Waals surface area contributed by atoms with Crippen LogP contribution in [0.15, 0.2) is 0 Å². The first kappa shape index (κ1) is 13.8. The van der Waals surface area contributed by atoms with E-state index in [-0.39, 0.29) is 11.2 Å². The molecule has 0 bridgehead atoms. The van der Waals surface area contributed by atoms with Crippen LogP contribution in [0.25, 0.3) is 0 Å². The van der Waals surface area contributed by atoms with Crippen molar-refractivity contribution >= 4 is 0 Å². The highest BCUT2D eigenvalue weighted by molar-refractivity contribution is 5.04. The standard InChI is InChI=1S/C16H30N2O/c1-15(2)10-14(16(3,4)19-15)18(13-7-8-13)11-12-6-5-9-17-12/h12-14,17H,5-11H2,1-4H3. The van der Waals surface area contributed by atoms with Gasteiger partial charge in [0.1, 0.15) is 0 Å². The third-order valence-electron chi connectivity index (χ3n) is 5.04. The first-order valence-electron chi connectivity index (χ1n) is 8.07. The van der Waals surface area contributed by atoms with Crippen LogP contribution in [-0.4, -0.2) is 47.3 Å². The van der Waals surface area contributed by atoms with Crippen LogP contribution in [0.5, 0.6) is 0 Å². The molecule has 3 aliphatic rings. The van der Waals surface area contributed by atoms with Gasteiger partial charge in [-0.15, -0.1) is 0 Å². The summed E-state index contributed by atoms with van der Waals surface area (Å²) >= 11 is 0. The zero-order valence-corrected chi connectivity index (χ0v) is 13.0. The molecule has 2 heterocycles. The third kappa shape index (κ3) is 2.98. The maximum absolute atomic E-state index is 6.31. The van der Waals surface area contributed by atoms with Crippen molar-refractivity contribution in [3.05, 3.63) is 0 Å². The Kier molecular flexibility index (Phi) is 3.43. The lowest BCUT2D eigenvalue weighted by Gasteiger charge is -2.38. The van der Waals surface area contributed by atoms with E-state index in [1.807, 2.05) is 0 Å². The quantitative estimate of drug-likeness (QED) is 0.846. The largest absolute Gasteiger partial charge is 0.368 e. The molecule has 0 spiro atoms. The van der Waals surface area contributed by atoms with E-state index in [0.29, 0.717) is 12.1 Å². The van der Waals surface area contributed by atoms with Gasteiger partial charge in [-0.05, 0) is 66.3 Å². The molecule has 3 nitrogen and oxygen atoms in total. The molecular weight excluding hydrogens is 236 g/mol. The summed E-state index contributed by atoms with van der Waals surface area (Å²) in [5.41, 5.74) is 0.0229. The van der Waals surface area contributed by atoms with Gasteiger partial charge < -0.3 is 10.1 Å². The van der Waals surface area contributed by atoms with Crippen molar-refractivity contribution in [3.63, 3.8) is 0 Å². The average molecular weight is 266 g/mol. The summed E-state index contributed by atoms with van der Waals surface area (Å²) in [6, 6.07) is 2.11. The fourth-order valence-corrected chi connectivity index (χ4v) is 4.15. The Bertz CT molecular complexity index is 330. The molecule has 110 valence electrons. The average Bonchev–Trinajstić information content (AvgIpc) is 2.93. The second kappa shape index (κ2) is 4.71. The highest BCUT2D eigenvalue weighted by atomic mass is 16.5. The van der Waals surface area contributed by atoms with Gasteiger partial charge in [-0.25, -0.2) is 0 Å². The van der Waals surface area contributed by atoms with Gasteiger partial charge in [0.2, 0.25) is 0 Å². The minimum absolute atomic E-state index is 0.00923. The zero-order chi connectivity index (χ0) is 13.7. The van der Waals surface area contributed by atoms with Gasteiger partial charge in [0, 0.05) is 24.7 Å².